The monoisotopic (exact) mass is 281 g/mol. The van der Waals surface area contributed by atoms with Crippen LogP contribution in [0.4, 0.5) is 0 Å². The average molecular weight is 281 g/mol. The summed E-state index contributed by atoms with van der Waals surface area (Å²) in [6, 6.07) is 6.95. The van der Waals surface area contributed by atoms with Gasteiger partial charge >= 0.3 is 0 Å². The first kappa shape index (κ1) is 16.2. The van der Waals surface area contributed by atoms with Crippen molar-refractivity contribution in [2.75, 3.05) is 13.2 Å². The van der Waals surface area contributed by atoms with Gasteiger partial charge in [-0.15, -0.1) is 0 Å². The van der Waals surface area contributed by atoms with Crippen LogP contribution < -0.4 is 10.2 Å². The maximum atomic E-state index is 10.9. The van der Waals surface area contributed by atoms with Gasteiger partial charge in [-0.1, -0.05) is 31.2 Å². The van der Waals surface area contributed by atoms with Crippen molar-refractivity contribution in [2.24, 2.45) is 5.92 Å². The zero-order valence-corrected chi connectivity index (χ0v) is 11.2. The minimum atomic E-state index is -0.868. The summed E-state index contributed by atoms with van der Waals surface area (Å²) in [5, 5.41) is 27.4. The standard InChI is InChI=1S/C14H19NO5/c1-10(6-7-13(17)15-19)14(18)11-4-2-3-5-12(11)20-9-8-16/h2-7,10,14,16,18-19H,8-9H2,1H3,(H,15,17)/b7-6+/t10-,14-/m1/s1. The van der Waals surface area contributed by atoms with E-state index in [-0.39, 0.29) is 19.1 Å². The molecular weight excluding hydrogens is 262 g/mol. The fourth-order valence-corrected chi connectivity index (χ4v) is 1.68. The number of hydrogen-bond donors (Lipinski definition) is 4. The number of ether oxygens (including phenoxy) is 1. The zero-order valence-electron chi connectivity index (χ0n) is 11.2. The van der Waals surface area contributed by atoms with Gasteiger partial charge in [-0.3, -0.25) is 10.0 Å². The van der Waals surface area contributed by atoms with Crippen LogP contribution >= 0.6 is 0 Å². The molecule has 0 bridgehead atoms. The van der Waals surface area contributed by atoms with Gasteiger partial charge in [0, 0.05) is 17.6 Å². The number of aliphatic hydroxyl groups is 2. The molecule has 0 heterocycles. The van der Waals surface area contributed by atoms with E-state index in [0.717, 1.165) is 6.08 Å². The number of hydrogen-bond acceptors (Lipinski definition) is 5. The van der Waals surface area contributed by atoms with Gasteiger partial charge in [0.1, 0.15) is 12.4 Å². The minimum Gasteiger partial charge on any atom is -0.491 e. The molecule has 0 unspecified atom stereocenters. The first-order valence-corrected chi connectivity index (χ1v) is 6.23. The Bertz CT molecular complexity index is 461. The molecule has 0 aromatic heterocycles. The predicted molar refractivity (Wildman–Crippen MR) is 72.2 cm³/mol. The lowest BCUT2D eigenvalue weighted by molar-refractivity contribution is -0.124. The number of benzene rings is 1. The summed E-state index contributed by atoms with van der Waals surface area (Å²) in [6.45, 7) is 1.76. The fraction of sp³-hybridized carbons (Fsp3) is 0.357. The third kappa shape index (κ3) is 4.65. The molecule has 0 saturated heterocycles. The van der Waals surface area contributed by atoms with Crippen LogP contribution in [-0.4, -0.2) is 34.5 Å². The van der Waals surface area contributed by atoms with Gasteiger partial charge in [-0.05, 0) is 6.07 Å². The van der Waals surface area contributed by atoms with Crippen LogP contribution in [0.15, 0.2) is 36.4 Å². The molecule has 1 aromatic carbocycles. The predicted octanol–water partition coefficient (Wildman–Crippen LogP) is 0.789. The maximum absolute atomic E-state index is 10.9. The highest BCUT2D eigenvalue weighted by atomic mass is 16.5. The third-order valence-electron chi connectivity index (χ3n) is 2.75. The summed E-state index contributed by atoms with van der Waals surface area (Å²) in [4.78, 5) is 10.9. The van der Waals surface area contributed by atoms with Crippen molar-refractivity contribution < 1.29 is 25.0 Å². The number of aliphatic hydroxyl groups excluding tert-OH is 2. The molecule has 1 aromatic rings. The lowest BCUT2D eigenvalue weighted by atomic mass is 9.96. The first-order chi connectivity index (χ1) is 9.60. The zero-order chi connectivity index (χ0) is 15.0. The highest BCUT2D eigenvalue weighted by Gasteiger charge is 2.18. The fourth-order valence-electron chi connectivity index (χ4n) is 1.68. The van der Waals surface area contributed by atoms with Gasteiger partial charge in [-0.25, -0.2) is 5.48 Å². The number of para-hydroxylation sites is 1. The van der Waals surface area contributed by atoms with Crippen molar-refractivity contribution in [1.82, 2.24) is 5.48 Å². The lowest BCUT2D eigenvalue weighted by Crippen LogP contribution is -2.16. The molecule has 2 atom stereocenters. The highest BCUT2D eigenvalue weighted by molar-refractivity contribution is 5.86. The summed E-state index contributed by atoms with van der Waals surface area (Å²) < 4.78 is 5.35. The van der Waals surface area contributed by atoms with Gasteiger partial charge < -0.3 is 14.9 Å². The molecule has 6 nitrogen and oxygen atoms in total. The minimum absolute atomic E-state index is 0.115. The normalized spacial score (nSPS) is 14.0. The molecule has 1 amide bonds. The van der Waals surface area contributed by atoms with Crippen molar-refractivity contribution in [2.45, 2.75) is 13.0 Å². The van der Waals surface area contributed by atoms with E-state index < -0.39 is 12.0 Å². The van der Waals surface area contributed by atoms with E-state index in [0.29, 0.717) is 11.3 Å². The molecule has 0 fully saturated rings. The van der Waals surface area contributed by atoms with Crippen LogP contribution in [0.25, 0.3) is 0 Å². The maximum Gasteiger partial charge on any atom is 0.267 e. The smallest absolute Gasteiger partial charge is 0.267 e. The second kappa shape index (κ2) is 8.31. The van der Waals surface area contributed by atoms with Gasteiger partial charge in [0.05, 0.1) is 12.7 Å². The highest BCUT2D eigenvalue weighted by Crippen LogP contribution is 2.30. The summed E-state index contributed by atoms with van der Waals surface area (Å²) >= 11 is 0. The quantitative estimate of drug-likeness (QED) is 0.336. The molecule has 0 spiro atoms. The van der Waals surface area contributed by atoms with Crippen LogP contribution in [0.5, 0.6) is 5.75 Å². The van der Waals surface area contributed by atoms with Gasteiger partial charge in [0.2, 0.25) is 0 Å². The number of nitrogens with one attached hydrogen (secondary N) is 1. The van der Waals surface area contributed by atoms with E-state index in [1.165, 1.54) is 11.6 Å². The third-order valence-corrected chi connectivity index (χ3v) is 2.75. The first-order valence-electron chi connectivity index (χ1n) is 6.23. The number of rotatable bonds is 7. The largest absolute Gasteiger partial charge is 0.491 e. The van der Waals surface area contributed by atoms with Crippen molar-refractivity contribution in [3.63, 3.8) is 0 Å². The molecule has 0 aliphatic rings. The number of hydroxylamine groups is 1. The van der Waals surface area contributed by atoms with Crippen LogP contribution in [0.1, 0.15) is 18.6 Å². The average Bonchev–Trinajstić information content (AvgIpc) is 2.49. The Hall–Kier alpha value is -1.89. The van der Waals surface area contributed by atoms with Crippen molar-refractivity contribution in [3.05, 3.63) is 42.0 Å². The van der Waals surface area contributed by atoms with Crippen LogP contribution in [0.3, 0.4) is 0 Å². The lowest BCUT2D eigenvalue weighted by Gasteiger charge is -2.19. The molecule has 6 heteroatoms. The summed E-state index contributed by atoms with van der Waals surface area (Å²) in [6.07, 6.45) is 1.76. The van der Waals surface area contributed by atoms with Crippen molar-refractivity contribution in [3.8, 4) is 5.75 Å². The molecule has 110 valence electrons. The van der Waals surface area contributed by atoms with E-state index in [4.69, 9.17) is 15.1 Å². The summed E-state index contributed by atoms with van der Waals surface area (Å²) in [5.41, 5.74) is 2.05. The summed E-state index contributed by atoms with van der Waals surface area (Å²) in [5.74, 6) is -0.527. The van der Waals surface area contributed by atoms with Gasteiger partial charge in [0.15, 0.2) is 0 Å². The van der Waals surface area contributed by atoms with Crippen LogP contribution in [0, 0.1) is 5.92 Å². The number of carbonyl (C=O) groups excluding carboxylic acids is 1. The Morgan fingerprint density at radius 3 is 2.80 bits per heavy atom. The van der Waals surface area contributed by atoms with Crippen molar-refractivity contribution in [1.29, 1.82) is 0 Å². The molecule has 4 N–H and O–H groups in total. The Kier molecular flexibility index (Phi) is 6.72. The molecule has 0 aliphatic heterocycles. The molecule has 0 aliphatic carbocycles. The molecular formula is C14H19NO5. The number of amides is 1. The molecule has 0 saturated carbocycles. The number of carbonyl (C=O) groups is 1. The van der Waals surface area contributed by atoms with E-state index in [1.54, 1.807) is 31.2 Å². The Labute approximate surface area is 117 Å². The van der Waals surface area contributed by atoms with E-state index in [1.807, 2.05) is 0 Å². The Balaban J connectivity index is 2.82. The summed E-state index contributed by atoms with van der Waals surface area (Å²) in [7, 11) is 0. The van der Waals surface area contributed by atoms with Crippen LogP contribution in [0.2, 0.25) is 0 Å². The second-order valence-electron chi connectivity index (χ2n) is 4.25. The SMILES string of the molecule is C[C@H](/C=C/C(=O)NO)[C@@H](O)c1ccccc1OCCO. The second-order valence-corrected chi connectivity index (χ2v) is 4.25. The van der Waals surface area contributed by atoms with E-state index in [2.05, 4.69) is 0 Å². The van der Waals surface area contributed by atoms with Gasteiger partial charge in [-0.2, -0.15) is 0 Å². The topological polar surface area (TPSA) is 99.0 Å². The van der Waals surface area contributed by atoms with Gasteiger partial charge in [0.25, 0.3) is 5.91 Å². The van der Waals surface area contributed by atoms with E-state index >= 15 is 0 Å². The molecule has 20 heavy (non-hydrogen) atoms. The Morgan fingerprint density at radius 2 is 2.15 bits per heavy atom. The Morgan fingerprint density at radius 1 is 1.45 bits per heavy atom. The van der Waals surface area contributed by atoms with Crippen molar-refractivity contribution >= 4 is 5.91 Å². The molecule has 1 rings (SSSR count). The molecule has 0 radical (unpaired) electrons. The van der Waals surface area contributed by atoms with E-state index in [9.17, 15) is 9.90 Å². The van der Waals surface area contributed by atoms with Crippen LogP contribution in [-0.2, 0) is 4.79 Å².